The molecular formula is C14H11Br2NO2S2. The number of H-pyrrole nitrogens is 1. The number of aromatic nitrogens is 1. The summed E-state index contributed by atoms with van der Waals surface area (Å²) in [4.78, 5) is 15.9. The summed E-state index contributed by atoms with van der Waals surface area (Å²) in [5.41, 5.74) is 1.16. The third-order valence-electron chi connectivity index (χ3n) is 4.04. The van der Waals surface area contributed by atoms with Gasteiger partial charge in [0, 0.05) is 32.0 Å². The van der Waals surface area contributed by atoms with Crippen molar-refractivity contribution >= 4 is 55.0 Å². The third kappa shape index (κ3) is 2.16. The second-order valence-corrected chi connectivity index (χ2v) is 9.45. The van der Waals surface area contributed by atoms with Gasteiger partial charge in [0.05, 0.1) is 16.1 Å². The van der Waals surface area contributed by atoms with Gasteiger partial charge < -0.3 is 9.72 Å². The quantitative estimate of drug-likeness (QED) is 0.640. The minimum absolute atomic E-state index is 0.00995. The van der Waals surface area contributed by atoms with Crippen LogP contribution in [0.3, 0.4) is 0 Å². The Bertz CT molecular complexity index is 801. The van der Waals surface area contributed by atoms with Gasteiger partial charge in [-0.1, -0.05) is 34.2 Å². The average molecular weight is 449 g/mol. The minimum atomic E-state index is 0.00995. The van der Waals surface area contributed by atoms with E-state index in [4.69, 9.17) is 4.74 Å². The smallest absolute Gasteiger partial charge is 0.305 e. The maximum absolute atomic E-state index is 11.8. The van der Waals surface area contributed by atoms with E-state index in [0.29, 0.717) is 6.61 Å². The van der Waals surface area contributed by atoms with Crippen LogP contribution in [0.15, 0.2) is 30.9 Å². The average Bonchev–Trinajstić information content (AvgIpc) is 2.77. The van der Waals surface area contributed by atoms with Crippen LogP contribution in [0.1, 0.15) is 23.3 Å². The number of nitrogens with one attached hydrogen (secondary N) is 1. The minimum Gasteiger partial charge on any atom is -0.491 e. The number of thiazole rings is 1. The molecule has 0 spiro atoms. The van der Waals surface area contributed by atoms with Gasteiger partial charge >= 0.3 is 4.87 Å². The number of ether oxygens (including phenoxy) is 1. The van der Waals surface area contributed by atoms with Crippen molar-refractivity contribution in [3.63, 3.8) is 0 Å². The van der Waals surface area contributed by atoms with Gasteiger partial charge in [-0.05, 0) is 28.1 Å². The zero-order valence-electron chi connectivity index (χ0n) is 11.0. The fourth-order valence-electron chi connectivity index (χ4n) is 3.09. The van der Waals surface area contributed by atoms with Gasteiger partial charge in [0.2, 0.25) is 0 Å². The SMILES string of the molecule is C[C@]12COc3c(Br)cc(Br)cc3[C@@H]1c1sc(=O)[nH]c1SC2. The Morgan fingerprint density at radius 2 is 2.24 bits per heavy atom. The van der Waals surface area contributed by atoms with Crippen LogP contribution < -0.4 is 9.61 Å². The van der Waals surface area contributed by atoms with E-state index in [1.54, 1.807) is 11.8 Å². The zero-order valence-corrected chi connectivity index (χ0v) is 15.8. The Hall–Kier alpha value is -0.240. The molecule has 2 atom stereocenters. The summed E-state index contributed by atoms with van der Waals surface area (Å²) in [5, 5.41) is 1.02. The maximum atomic E-state index is 11.8. The van der Waals surface area contributed by atoms with Crippen LogP contribution in [0.4, 0.5) is 0 Å². The summed E-state index contributed by atoms with van der Waals surface area (Å²) in [5.74, 6) is 2.05. The second-order valence-electron chi connectivity index (χ2n) is 5.68. The predicted octanol–water partition coefficient (Wildman–Crippen LogP) is 4.60. The highest BCUT2D eigenvalue weighted by atomic mass is 79.9. The van der Waals surface area contributed by atoms with Gasteiger partial charge in [-0.15, -0.1) is 11.8 Å². The number of aromatic amines is 1. The van der Waals surface area contributed by atoms with Crippen LogP contribution in [0.2, 0.25) is 0 Å². The first-order valence-corrected chi connectivity index (χ1v) is 9.84. The highest BCUT2D eigenvalue weighted by Gasteiger charge is 2.47. The van der Waals surface area contributed by atoms with Crippen molar-refractivity contribution in [2.24, 2.45) is 5.41 Å². The summed E-state index contributed by atoms with van der Waals surface area (Å²) < 4.78 is 8.01. The molecule has 3 heterocycles. The molecule has 0 fully saturated rings. The van der Waals surface area contributed by atoms with Crippen LogP contribution in [0, 0.1) is 5.41 Å². The lowest BCUT2D eigenvalue weighted by molar-refractivity contribution is 0.136. The van der Waals surface area contributed by atoms with Crippen molar-refractivity contribution in [2.45, 2.75) is 17.9 Å². The number of halogens is 2. The lowest BCUT2D eigenvalue weighted by atomic mass is 9.72. The lowest BCUT2D eigenvalue weighted by Crippen LogP contribution is -2.40. The Morgan fingerprint density at radius 3 is 3.05 bits per heavy atom. The van der Waals surface area contributed by atoms with E-state index in [9.17, 15) is 4.79 Å². The Kier molecular flexibility index (Phi) is 3.33. The maximum Gasteiger partial charge on any atom is 0.305 e. The van der Waals surface area contributed by atoms with Crippen molar-refractivity contribution in [3.05, 3.63) is 41.2 Å². The second kappa shape index (κ2) is 4.88. The summed E-state index contributed by atoms with van der Waals surface area (Å²) in [6, 6.07) is 4.12. The molecule has 3 nitrogen and oxygen atoms in total. The molecule has 4 rings (SSSR count). The molecule has 0 radical (unpaired) electrons. The highest BCUT2D eigenvalue weighted by molar-refractivity contribution is 9.11. The lowest BCUT2D eigenvalue weighted by Gasteiger charge is -2.44. The first-order valence-electron chi connectivity index (χ1n) is 6.45. The Morgan fingerprint density at radius 1 is 1.43 bits per heavy atom. The van der Waals surface area contributed by atoms with Crippen LogP contribution in [0.25, 0.3) is 0 Å². The molecule has 0 saturated heterocycles. The van der Waals surface area contributed by atoms with Gasteiger partial charge in [0.15, 0.2) is 0 Å². The first-order chi connectivity index (χ1) is 9.98. The molecule has 2 aliphatic heterocycles. The topological polar surface area (TPSA) is 42.1 Å². The van der Waals surface area contributed by atoms with Gasteiger partial charge in [0.25, 0.3) is 0 Å². The normalized spacial score (nSPS) is 26.5. The van der Waals surface area contributed by atoms with Crippen LogP contribution >= 0.6 is 55.0 Å². The standard InChI is InChI=1S/C14H11Br2NO2S2/c1-14-4-19-10-7(2-6(15)3-8(10)16)9(14)11-12(20-5-14)17-13(18)21-11/h2-3,9H,4-5H2,1H3,(H,17,18)/t9-,14-/m1/s1. The van der Waals surface area contributed by atoms with Crippen LogP contribution in [-0.4, -0.2) is 17.3 Å². The van der Waals surface area contributed by atoms with E-state index in [0.717, 1.165) is 35.9 Å². The molecule has 0 saturated carbocycles. The van der Waals surface area contributed by atoms with Crippen LogP contribution in [-0.2, 0) is 0 Å². The number of thioether (sulfide) groups is 1. The van der Waals surface area contributed by atoms with Gasteiger partial charge in [-0.25, -0.2) is 0 Å². The van der Waals surface area contributed by atoms with E-state index in [-0.39, 0.29) is 16.2 Å². The molecule has 7 heteroatoms. The predicted molar refractivity (Wildman–Crippen MR) is 93.0 cm³/mol. The van der Waals surface area contributed by atoms with Crippen molar-refractivity contribution in [3.8, 4) is 5.75 Å². The number of rotatable bonds is 0. The van der Waals surface area contributed by atoms with Crippen LogP contribution in [0.5, 0.6) is 5.75 Å². The molecule has 0 amide bonds. The molecule has 1 N–H and O–H groups in total. The number of hydrogen-bond acceptors (Lipinski definition) is 4. The molecular weight excluding hydrogens is 438 g/mol. The van der Waals surface area contributed by atoms with Gasteiger partial charge in [0.1, 0.15) is 5.75 Å². The molecule has 110 valence electrons. The van der Waals surface area contributed by atoms with Crippen molar-refractivity contribution in [1.29, 1.82) is 0 Å². The Balaban J connectivity index is 2.00. The van der Waals surface area contributed by atoms with E-state index < -0.39 is 0 Å². The fraction of sp³-hybridized carbons (Fsp3) is 0.357. The number of hydrogen-bond donors (Lipinski definition) is 1. The monoisotopic (exact) mass is 447 g/mol. The zero-order chi connectivity index (χ0) is 14.8. The molecule has 0 bridgehead atoms. The van der Waals surface area contributed by atoms with Crippen molar-refractivity contribution < 1.29 is 4.74 Å². The summed E-state index contributed by atoms with van der Waals surface area (Å²) in [6.45, 7) is 2.92. The summed E-state index contributed by atoms with van der Waals surface area (Å²) in [6.07, 6.45) is 0. The molecule has 0 aliphatic carbocycles. The molecule has 2 aliphatic rings. The van der Waals surface area contributed by atoms with E-state index in [1.165, 1.54) is 11.3 Å². The fourth-order valence-corrected chi connectivity index (χ4v) is 7.00. The summed E-state index contributed by atoms with van der Waals surface area (Å²) in [7, 11) is 0. The molecule has 0 unspecified atom stereocenters. The Labute approximate surface area is 146 Å². The molecule has 21 heavy (non-hydrogen) atoms. The molecule has 1 aromatic heterocycles. The van der Waals surface area contributed by atoms with Gasteiger partial charge in [-0.2, -0.15) is 0 Å². The van der Waals surface area contributed by atoms with Crippen molar-refractivity contribution in [2.75, 3.05) is 12.4 Å². The third-order valence-corrected chi connectivity index (χ3v) is 7.58. The first kappa shape index (κ1) is 14.4. The van der Waals surface area contributed by atoms with Crippen molar-refractivity contribution in [1.82, 2.24) is 4.98 Å². The highest BCUT2D eigenvalue weighted by Crippen LogP contribution is 2.57. The van der Waals surface area contributed by atoms with E-state index in [2.05, 4.69) is 49.8 Å². The van der Waals surface area contributed by atoms with Gasteiger partial charge in [-0.3, -0.25) is 4.79 Å². The van der Waals surface area contributed by atoms with E-state index in [1.807, 2.05) is 6.07 Å². The molecule has 1 aromatic carbocycles. The van der Waals surface area contributed by atoms with E-state index >= 15 is 0 Å². The largest absolute Gasteiger partial charge is 0.491 e. The summed E-state index contributed by atoms with van der Waals surface area (Å²) >= 11 is 10.2. The number of fused-ring (bicyclic) bond motifs is 5. The number of benzene rings is 1. The molecule has 2 aromatic rings.